The van der Waals surface area contributed by atoms with Crippen LogP contribution < -0.4 is 10.6 Å². The highest BCUT2D eigenvalue weighted by Crippen LogP contribution is 2.42. The average Bonchev–Trinajstić information content (AvgIpc) is 3.49. The Morgan fingerprint density at radius 2 is 1.97 bits per heavy atom. The van der Waals surface area contributed by atoms with E-state index in [0.717, 1.165) is 44.4 Å². The highest BCUT2D eigenvalue weighted by Gasteiger charge is 2.39. The lowest BCUT2D eigenvalue weighted by atomic mass is 9.94. The smallest absolute Gasteiger partial charge is 0.353 e. The molecule has 1 amide bonds. The number of alkyl halides is 3. The number of anilines is 2. The molecule has 1 aliphatic heterocycles. The van der Waals surface area contributed by atoms with Crippen LogP contribution in [0.25, 0.3) is 11.0 Å². The van der Waals surface area contributed by atoms with Gasteiger partial charge in [-0.15, -0.1) is 0 Å². The maximum atomic E-state index is 13.4. The summed E-state index contributed by atoms with van der Waals surface area (Å²) in [5.74, 6) is -1.10. The summed E-state index contributed by atoms with van der Waals surface area (Å²) in [5.41, 5.74) is 0.603. The Kier molecular flexibility index (Phi) is 5.67. The molecular formula is C23H26F3N7O. The van der Waals surface area contributed by atoms with Gasteiger partial charge in [0.1, 0.15) is 5.92 Å². The van der Waals surface area contributed by atoms with Crippen molar-refractivity contribution in [2.24, 2.45) is 0 Å². The monoisotopic (exact) mass is 473 g/mol. The number of likely N-dealkylation sites (N-methyl/N-ethyl adjacent to an activating group) is 1. The molecule has 3 aromatic rings. The van der Waals surface area contributed by atoms with Crippen LogP contribution in [0.3, 0.4) is 0 Å². The summed E-state index contributed by atoms with van der Waals surface area (Å²) in [7, 11) is 3.89. The Morgan fingerprint density at radius 1 is 1.21 bits per heavy atom. The maximum absolute atomic E-state index is 13.4. The lowest BCUT2D eigenvalue weighted by molar-refractivity contribution is -0.137. The molecule has 3 heterocycles. The quantitative estimate of drug-likeness (QED) is 0.562. The normalized spacial score (nSPS) is 18.6. The number of nitrogens with one attached hydrogen (secondary N) is 2. The van der Waals surface area contributed by atoms with Crippen LogP contribution in [0.15, 0.2) is 24.4 Å². The molecular weight excluding hydrogens is 447 g/mol. The summed E-state index contributed by atoms with van der Waals surface area (Å²) >= 11 is 0. The number of aromatic nitrogens is 4. The molecule has 1 saturated carbocycles. The SMILES string of the molecule is CN(C)CCNc1nc(C2C(=O)Nc3ccc(C(F)(F)F)cc32)c2cn(C3CCCC3)nc2n1. The van der Waals surface area contributed by atoms with Gasteiger partial charge in [0, 0.05) is 25.0 Å². The van der Waals surface area contributed by atoms with Gasteiger partial charge in [-0.1, -0.05) is 12.8 Å². The van der Waals surface area contributed by atoms with Crippen molar-refractivity contribution in [3.63, 3.8) is 0 Å². The van der Waals surface area contributed by atoms with Crippen molar-refractivity contribution in [1.82, 2.24) is 24.6 Å². The third-order valence-corrected chi connectivity index (χ3v) is 6.45. The third-order valence-electron chi connectivity index (χ3n) is 6.45. The van der Waals surface area contributed by atoms with Crippen molar-refractivity contribution in [3.05, 3.63) is 41.2 Å². The number of hydrogen-bond donors (Lipinski definition) is 2. The van der Waals surface area contributed by atoms with E-state index in [2.05, 4.69) is 25.7 Å². The van der Waals surface area contributed by atoms with Crippen LogP contribution in [0.4, 0.5) is 24.8 Å². The first-order valence-electron chi connectivity index (χ1n) is 11.4. The summed E-state index contributed by atoms with van der Waals surface area (Å²) < 4.78 is 42.1. The maximum Gasteiger partial charge on any atom is 0.416 e. The summed E-state index contributed by atoms with van der Waals surface area (Å²) in [5, 5.41) is 11.1. The fourth-order valence-corrected chi connectivity index (χ4v) is 4.70. The van der Waals surface area contributed by atoms with Gasteiger partial charge in [-0.3, -0.25) is 9.48 Å². The topological polar surface area (TPSA) is 88.0 Å². The van der Waals surface area contributed by atoms with Gasteiger partial charge in [-0.25, -0.2) is 4.98 Å². The molecule has 2 aromatic heterocycles. The van der Waals surface area contributed by atoms with E-state index >= 15 is 0 Å². The Labute approximate surface area is 194 Å². The first-order valence-corrected chi connectivity index (χ1v) is 11.4. The predicted molar refractivity (Wildman–Crippen MR) is 122 cm³/mol. The Bertz CT molecular complexity index is 1230. The largest absolute Gasteiger partial charge is 0.416 e. The van der Waals surface area contributed by atoms with Gasteiger partial charge < -0.3 is 15.5 Å². The minimum absolute atomic E-state index is 0.244. The van der Waals surface area contributed by atoms with E-state index in [1.54, 1.807) is 0 Å². The van der Waals surface area contributed by atoms with Gasteiger partial charge in [0.2, 0.25) is 11.9 Å². The van der Waals surface area contributed by atoms with E-state index in [1.807, 2.05) is 29.9 Å². The van der Waals surface area contributed by atoms with Crippen LogP contribution in [0.5, 0.6) is 0 Å². The standard InChI is InChI=1S/C23H26F3N7O/c1-32(2)10-9-27-22-29-19(16-12-33(31-20(16)30-22)14-5-3-4-6-14)18-15-11-13(23(24,25)26)7-8-17(15)28-21(18)34/h7-8,11-12,14,18H,3-6,9-10H2,1-2H3,(H,28,34)(H,27,30,31). The van der Waals surface area contributed by atoms with Gasteiger partial charge in [-0.05, 0) is 50.7 Å². The van der Waals surface area contributed by atoms with Gasteiger partial charge >= 0.3 is 6.18 Å². The molecule has 1 fully saturated rings. The molecule has 2 aliphatic rings. The number of carbonyl (C=O) groups is 1. The highest BCUT2D eigenvalue weighted by molar-refractivity contribution is 6.06. The molecule has 11 heteroatoms. The van der Waals surface area contributed by atoms with E-state index in [1.165, 1.54) is 6.07 Å². The summed E-state index contributed by atoms with van der Waals surface area (Å²) in [6, 6.07) is 3.55. The number of carbonyl (C=O) groups excluding carboxylic acids is 1. The molecule has 0 radical (unpaired) electrons. The van der Waals surface area contributed by atoms with Crippen LogP contribution in [0, 0.1) is 0 Å². The fourth-order valence-electron chi connectivity index (χ4n) is 4.70. The van der Waals surface area contributed by atoms with Gasteiger partial charge in [-0.2, -0.15) is 23.3 Å². The van der Waals surface area contributed by atoms with E-state index in [4.69, 9.17) is 0 Å². The molecule has 5 rings (SSSR count). The zero-order chi connectivity index (χ0) is 24.0. The molecule has 34 heavy (non-hydrogen) atoms. The van der Waals surface area contributed by atoms with Crippen molar-refractivity contribution >= 4 is 28.6 Å². The molecule has 1 aromatic carbocycles. The number of halogens is 3. The predicted octanol–water partition coefficient (Wildman–Crippen LogP) is 4.02. The number of amides is 1. The molecule has 8 nitrogen and oxygen atoms in total. The zero-order valence-electron chi connectivity index (χ0n) is 19.0. The number of rotatable bonds is 6. The molecule has 0 bridgehead atoms. The number of benzene rings is 1. The van der Waals surface area contributed by atoms with Crippen molar-refractivity contribution in [2.75, 3.05) is 37.8 Å². The summed E-state index contributed by atoms with van der Waals surface area (Å²) in [4.78, 5) is 24.2. The zero-order valence-corrected chi connectivity index (χ0v) is 19.0. The molecule has 0 spiro atoms. The average molecular weight is 474 g/mol. The Hall–Kier alpha value is -3.21. The minimum Gasteiger partial charge on any atom is -0.353 e. The molecule has 1 aliphatic carbocycles. The molecule has 180 valence electrons. The molecule has 2 N–H and O–H groups in total. The van der Waals surface area contributed by atoms with Crippen molar-refractivity contribution in [3.8, 4) is 0 Å². The lowest BCUT2D eigenvalue weighted by Crippen LogP contribution is -2.22. The van der Waals surface area contributed by atoms with Gasteiger partial charge in [0.15, 0.2) is 5.65 Å². The first kappa shape index (κ1) is 22.6. The number of fused-ring (bicyclic) bond motifs is 2. The Morgan fingerprint density at radius 3 is 2.68 bits per heavy atom. The van der Waals surface area contributed by atoms with Gasteiger partial charge in [0.25, 0.3) is 0 Å². The van der Waals surface area contributed by atoms with Crippen molar-refractivity contribution in [2.45, 2.75) is 43.8 Å². The van der Waals surface area contributed by atoms with Crippen LogP contribution in [0.1, 0.15) is 54.5 Å². The highest BCUT2D eigenvalue weighted by atomic mass is 19.4. The van der Waals surface area contributed by atoms with E-state index in [-0.39, 0.29) is 11.6 Å². The van der Waals surface area contributed by atoms with Gasteiger partial charge in [0.05, 0.1) is 22.7 Å². The van der Waals surface area contributed by atoms with Crippen LogP contribution in [0.2, 0.25) is 0 Å². The Balaban J connectivity index is 1.62. The molecule has 1 atom stereocenters. The second-order valence-corrected chi connectivity index (χ2v) is 9.17. The van der Waals surface area contributed by atoms with E-state index in [9.17, 15) is 18.0 Å². The van der Waals surface area contributed by atoms with E-state index < -0.39 is 23.6 Å². The van der Waals surface area contributed by atoms with Crippen molar-refractivity contribution < 1.29 is 18.0 Å². The fraction of sp³-hybridized carbons (Fsp3) is 0.478. The van der Waals surface area contributed by atoms with Crippen molar-refractivity contribution in [1.29, 1.82) is 0 Å². The summed E-state index contributed by atoms with van der Waals surface area (Å²) in [6.07, 6.45) is 1.57. The second-order valence-electron chi connectivity index (χ2n) is 9.17. The van der Waals surface area contributed by atoms with Crippen LogP contribution in [-0.4, -0.2) is 57.7 Å². The van der Waals surface area contributed by atoms with E-state index in [0.29, 0.717) is 34.9 Å². The number of hydrogen-bond acceptors (Lipinski definition) is 6. The number of nitrogens with zero attached hydrogens (tertiary/aromatic N) is 5. The van der Waals surface area contributed by atoms with Crippen LogP contribution in [-0.2, 0) is 11.0 Å². The third kappa shape index (κ3) is 4.20. The summed E-state index contributed by atoms with van der Waals surface area (Å²) in [6.45, 7) is 1.29. The molecule has 1 unspecified atom stereocenters. The molecule has 0 saturated heterocycles. The lowest BCUT2D eigenvalue weighted by Gasteiger charge is -2.14. The minimum atomic E-state index is -4.52. The van der Waals surface area contributed by atoms with Crippen LogP contribution >= 0.6 is 0 Å². The second kappa shape index (κ2) is 8.53. The first-order chi connectivity index (χ1) is 16.2.